The molecule has 1 aliphatic rings. The summed E-state index contributed by atoms with van der Waals surface area (Å²) in [5, 5.41) is 20.1. The summed E-state index contributed by atoms with van der Waals surface area (Å²) < 4.78 is 12.8. The number of esters is 1. The number of H-pyrrole nitrogens is 1. The Labute approximate surface area is 170 Å². The molecule has 0 saturated carbocycles. The summed E-state index contributed by atoms with van der Waals surface area (Å²) in [4.78, 5) is 14.8. The third kappa shape index (κ3) is 6.39. The minimum absolute atomic E-state index is 0. The van der Waals surface area contributed by atoms with Crippen LogP contribution in [0.5, 0.6) is 0 Å². The predicted octanol–water partition coefficient (Wildman–Crippen LogP) is -1.86. The first-order chi connectivity index (χ1) is 12.5. The maximum absolute atomic E-state index is 12.1. The highest BCUT2D eigenvalue weighted by atomic mass is 35.5. The third-order valence-corrected chi connectivity index (χ3v) is 4.73. The van der Waals surface area contributed by atoms with E-state index in [2.05, 4.69) is 11.9 Å². The molecule has 2 heterocycles. The molecule has 1 fully saturated rings. The number of aromatic nitrogens is 2. The molecule has 2 rings (SSSR count). The molecule has 1 saturated heterocycles. The first-order valence-corrected chi connectivity index (χ1v) is 9.42. The number of hydrogen-bond donors (Lipinski definition) is 4. The molecular formula is C17H28ClN3O5S. The quantitative estimate of drug-likeness (QED) is 0.160. The summed E-state index contributed by atoms with van der Waals surface area (Å²) >= 11 is 5.19. The molecule has 0 amide bonds. The molecule has 1 aliphatic heterocycles. The maximum Gasteiger partial charge on any atom is 0.352 e. The molecule has 4 atom stereocenters. The lowest BCUT2D eigenvalue weighted by Gasteiger charge is -2.19. The van der Waals surface area contributed by atoms with Crippen LogP contribution < -0.4 is 22.7 Å². The first-order valence-electron chi connectivity index (χ1n) is 9.01. The first kappa shape index (κ1) is 23.8. The second kappa shape index (κ2) is 11.6. The molecule has 27 heavy (non-hydrogen) atoms. The molecule has 0 bridgehead atoms. The van der Waals surface area contributed by atoms with Crippen LogP contribution >= 0.6 is 12.2 Å². The van der Waals surface area contributed by atoms with Crippen molar-refractivity contribution in [1.29, 1.82) is 0 Å². The number of nitrogens with one attached hydrogen (secondary N) is 1. The van der Waals surface area contributed by atoms with E-state index in [-0.39, 0.29) is 30.2 Å². The van der Waals surface area contributed by atoms with Gasteiger partial charge in [0.15, 0.2) is 18.0 Å². The van der Waals surface area contributed by atoms with Crippen LogP contribution in [0.1, 0.15) is 51.7 Å². The van der Waals surface area contributed by atoms with Gasteiger partial charge in [-0.3, -0.25) is 4.79 Å². The number of unbranched alkanes of at least 4 members (excludes halogenated alkanes) is 4. The fourth-order valence-electron chi connectivity index (χ4n) is 2.98. The van der Waals surface area contributed by atoms with Crippen LogP contribution in [0.2, 0.25) is 0 Å². The number of nitrogen functional groups attached to an aromatic ring is 1. The fraction of sp³-hybridized carbons (Fsp3) is 0.706. The summed E-state index contributed by atoms with van der Waals surface area (Å²) in [5.74, 6) is -0.0239. The number of ether oxygens (including phenoxy) is 2. The highest BCUT2D eigenvalue weighted by molar-refractivity contribution is 7.71. The normalized spacial score (nSPS) is 24.4. The van der Waals surface area contributed by atoms with Crippen LogP contribution in [0.15, 0.2) is 12.3 Å². The predicted molar refractivity (Wildman–Crippen MR) is 96.5 cm³/mol. The van der Waals surface area contributed by atoms with Crippen LogP contribution in [0.25, 0.3) is 0 Å². The number of carbonyl (C=O) groups is 1. The van der Waals surface area contributed by atoms with Gasteiger partial charge >= 0.3 is 10.7 Å². The van der Waals surface area contributed by atoms with Crippen LogP contribution in [0.4, 0.5) is 5.82 Å². The van der Waals surface area contributed by atoms with E-state index in [1.165, 1.54) is 4.57 Å². The van der Waals surface area contributed by atoms with Gasteiger partial charge in [-0.05, 0) is 6.42 Å². The van der Waals surface area contributed by atoms with Crippen LogP contribution in [-0.4, -0.2) is 46.1 Å². The second-order valence-corrected chi connectivity index (χ2v) is 6.85. The van der Waals surface area contributed by atoms with Gasteiger partial charge in [-0.1, -0.05) is 32.6 Å². The van der Waals surface area contributed by atoms with Crippen LogP contribution in [0, 0.1) is 4.77 Å². The molecule has 0 unspecified atom stereocenters. The van der Waals surface area contributed by atoms with E-state index in [0.29, 0.717) is 5.82 Å². The third-order valence-electron chi connectivity index (χ3n) is 4.42. The van der Waals surface area contributed by atoms with E-state index in [9.17, 15) is 15.0 Å². The average Bonchev–Trinajstić information content (AvgIpc) is 2.91. The molecule has 1 aromatic rings. The Kier molecular flexibility index (Phi) is 10.2. The lowest BCUT2D eigenvalue weighted by Crippen LogP contribution is -3.00. The minimum Gasteiger partial charge on any atom is -1.00 e. The Morgan fingerprint density at radius 3 is 2.74 bits per heavy atom. The summed E-state index contributed by atoms with van der Waals surface area (Å²) in [7, 11) is 0. The van der Waals surface area contributed by atoms with E-state index in [4.69, 9.17) is 27.4 Å². The maximum atomic E-state index is 12.1. The lowest BCUT2D eigenvalue weighted by atomic mass is 10.1. The van der Waals surface area contributed by atoms with Gasteiger partial charge in [0.25, 0.3) is 0 Å². The molecule has 0 spiro atoms. The average molecular weight is 422 g/mol. The molecule has 0 aliphatic carbocycles. The van der Waals surface area contributed by atoms with Crippen molar-refractivity contribution >= 4 is 24.0 Å². The van der Waals surface area contributed by atoms with E-state index < -0.39 is 30.5 Å². The number of aliphatic hydroxyl groups excluding tert-OH is 2. The summed E-state index contributed by atoms with van der Waals surface area (Å²) in [6.45, 7) is 1.75. The van der Waals surface area contributed by atoms with E-state index >= 15 is 0 Å². The van der Waals surface area contributed by atoms with E-state index in [1.807, 2.05) is 0 Å². The largest absolute Gasteiger partial charge is 1.00 e. The van der Waals surface area contributed by atoms with Gasteiger partial charge in [-0.25, -0.2) is 4.98 Å². The molecule has 10 heteroatoms. The van der Waals surface area contributed by atoms with E-state index in [1.54, 1.807) is 12.3 Å². The van der Waals surface area contributed by atoms with Crippen LogP contribution in [-0.2, 0) is 14.3 Å². The van der Waals surface area contributed by atoms with Gasteiger partial charge in [0.2, 0.25) is 6.23 Å². The number of nitrogens with two attached hydrogens (primary N) is 1. The number of nitrogens with zero attached hydrogens (tertiary/aromatic N) is 1. The van der Waals surface area contributed by atoms with Crippen LogP contribution in [0.3, 0.4) is 0 Å². The SMILES string of the molecule is CCCCCCCC(=O)O[C@H]1[C@H](O)[C@H]([n+]2ccc(N)[nH]c2=S)O[C@@H]1CO.[Cl-]. The number of hydrogen-bond acceptors (Lipinski definition) is 7. The van der Waals surface area contributed by atoms with Gasteiger partial charge in [0.05, 0.1) is 6.61 Å². The van der Waals surface area contributed by atoms with Crippen molar-refractivity contribution < 1.29 is 41.5 Å². The number of rotatable bonds is 9. The topological polar surface area (TPSA) is 122 Å². The smallest absolute Gasteiger partial charge is 0.352 e. The van der Waals surface area contributed by atoms with E-state index in [0.717, 1.165) is 32.1 Å². The number of anilines is 1. The van der Waals surface area contributed by atoms with Gasteiger partial charge in [-0.2, -0.15) is 4.57 Å². The number of aliphatic hydroxyl groups is 2. The zero-order valence-electron chi connectivity index (χ0n) is 15.3. The van der Waals surface area contributed by atoms with Crippen molar-refractivity contribution in [2.24, 2.45) is 0 Å². The molecular weight excluding hydrogens is 394 g/mol. The Bertz CT molecular complexity index is 660. The Hall–Kier alpha value is -1.26. The standard InChI is InChI=1S/C17H27N3O5S.ClH/c1-2-3-4-5-6-7-13(22)25-15-11(10-21)24-16(14(15)23)20-9-8-12(18)19-17(20)26;/h8-9,11,14-16,21,23H,2-7,10H2,1H3,(H2,18,19,26);1H/t11-,14+,15-,16-;/m1./s1. The van der Waals surface area contributed by atoms with Gasteiger partial charge < -0.3 is 37.8 Å². The molecule has 0 radical (unpaired) electrons. The molecule has 5 N–H and O–H groups in total. The molecule has 1 aromatic heterocycles. The highest BCUT2D eigenvalue weighted by Gasteiger charge is 2.49. The van der Waals surface area contributed by atoms with Crippen molar-refractivity contribution in [1.82, 2.24) is 4.98 Å². The zero-order chi connectivity index (χ0) is 19.1. The van der Waals surface area contributed by atoms with Crippen molar-refractivity contribution in [2.45, 2.75) is 70.0 Å². The molecule has 0 aromatic carbocycles. The Morgan fingerprint density at radius 1 is 1.41 bits per heavy atom. The lowest BCUT2D eigenvalue weighted by molar-refractivity contribution is -0.773. The molecule has 8 nitrogen and oxygen atoms in total. The zero-order valence-corrected chi connectivity index (χ0v) is 16.9. The number of halogens is 1. The second-order valence-electron chi connectivity index (χ2n) is 6.47. The van der Waals surface area contributed by atoms with Gasteiger partial charge in [-0.15, -0.1) is 0 Å². The minimum atomic E-state index is -1.15. The van der Waals surface area contributed by atoms with Gasteiger partial charge in [0, 0.05) is 24.7 Å². The van der Waals surface area contributed by atoms with Crippen molar-refractivity contribution in [2.75, 3.05) is 12.3 Å². The number of aromatic amines is 1. The summed E-state index contributed by atoms with van der Waals surface area (Å²) in [6, 6.07) is 1.58. The Morgan fingerprint density at radius 2 is 2.11 bits per heavy atom. The summed E-state index contributed by atoms with van der Waals surface area (Å²) in [5.41, 5.74) is 5.64. The monoisotopic (exact) mass is 421 g/mol. The summed E-state index contributed by atoms with van der Waals surface area (Å²) in [6.07, 6.45) is 3.15. The van der Waals surface area contributed by atoms with Crippen molar-refractivity contribution in [3.63, 3.8) is 0 Å². The fourth-order valence-corrected chi connectivity index (χ4v) is 3.27. The Balaban J connectivity index is 0.00000364. The number of carbonyl (C=O) groups excluding carboxylic acids is 1. The van der Waals surface area contributed by atoms with Crippen molar-refractivity contribution in [3.8, 4) is 0 Å². The highest BCUT2D eigenvalue weighted by Crippen LogP contribution is 2.28. The molecule has 154 valence electrons. The van der Waals surface area contributed by atoms with Gasteiger partial charge in [0.1, 0.15) is 12.3 Å². The van der Waals surface area contributed by atoms with Crippen molar-refractivity contribution in [3.05, 3.63) is 17.0 Å².